The van der Waals surface area contributed by atoms with Gasteiger partial charge in [0.1, 0.15) is 0 Å². The first-order valence-electron chi connectivity index (χ1n) is 5.83. The van der Waals surface area contributed by atoms with Crippen LogP contribution in [-0.4, -0.2) is 12.6 Å². The van der Waals surface area contributed by atoms with E-state index in [1.807, 2.05) is 6.92 Å². The van der Waals surface area contributed by atoms with Gasteiger partial charge in [-0.2, -0.15) is 0 Å². The smallest absolute Gasteiger partial charge is 0.333 e. The van der Waals surface area contributed by atoms with Crippen LogP contribution in [0.15, 0.2) is 12.2 Å². The van der Waals surface area contributed by atoms with Crippen molar-refractivity contribution in [1.82, 2.24) is 0 Å². The Morgan fingerprint density at radius 1 is 1.33 bits per heavy atom. The van der Waals surface area contributed by atoms with Gasteiger partial charge in [0.05, 0.1) is 6.61 Å². The van der Waals surface area contributed by atoms with E-state index < -0.39 is 0 Å². The molecule has 0 saturated heterocycles. The first-order chi connectivity index (χ1) is 6.99. The normalized spacial score (nSPS) is 12.6. The molecule has 0 aromatic heterocycles. The van der Waals surface area contributed by atoms with Crippen LogP contribution in [-0.2, 0) is 9.53 Å². The SMILES string of the molecule is C=C(CC)C(=O)OCCCC(C)C(C)C. The molecule has 0 radical (unpaired) electrons. The summed E-state index contributed by atoms with van der Waals surface area (Å²) < 4.78 is 5.09. The summed E-state index contributed by atoms with van der Waals surface area (Å²) in [4.78, 5) is 11.2. The van der Waals surface area contributed by atoms with E-state index in [9.17, 15) is 4.79 Å². The Kier molecular flexibility index (Phi) is 7.10. The Labute approximate surface area is 93.7 Å². The van der Waals surface area contributed by atoms with Crippen molar-refractivity contribution < 1.29 is 9.53 Å². The highest BCUT2D eigenvalue weighted by atomic mass is 16.5. The van der Waals surface area contributed by atoms with E-state index in [4.69, 9.17) is 4.74 Å². The molecule has 1 atom stereocenters. The largest absolute Gasteiger partial charge is 0.462 e. The van der Waals surface area contributed by atoms with Gasteiger partial charge < -0.3 is 4.74 Å². The summed E-state index contributed by atoms with van der Waals surface area (Å²) in [6.45, 7) is 12.7. The van der Waals surface area contributed by atoms with Crippen molar-refractivity contribution in [2.24, 2.45) is 11.8 Å². The van der Waals surface area contributed by atoms with Crippen LogP contribution in [0.5, 0.6) is 0 Å². The van der Waals surface area contributed by atoms with Crippen LogP contribution in [0.25, 0.3) is 0 Å². The first kappa shape index (κ1) is 14.2. The third-order valence-electron chi connectivity index (χ3n) is 2.89. The zero-order valence-electron chi connectivity index (χ0n) is 10.5. The summed E-state index contributed by atoms with van der Waals surface area (Å²) in [6, 6.07) is 0. The van der Waals surface area contributed by atoms with Gasteiger partial charge in [-0.15, -0.1) is 0 Å². The highest BCUT2D eigenvalue weighted by Gasteiger charge is 2.08. The molecule has 0 aromatic rings. The summed E-state index contributed by atoms with van der Waals surface area (Å²) in [5.41, 5.74) is 0.562. The molecule has 0 aromatic carbocycles. The molecule has 1 unspecified atom stereocenters. The van der Waals surface area contributed by atoms with Crippen molar-refractivity contribution in [2.75, 3.05) is 6.61 Å². The Bertz CT molecular complexity index is 207. The van der Waals surface area contributed by atoms with Gasteiger partial charge in [-0.25, -0.2) is 4.79 Å². The number of esters is 1. The fourth-order valence-corrected chi connectivity index (χ4v) is 1.15. The minimum absolute atomic E-state index is 0.241. The van der Waals surface area contributed by atoms with E-state index in [0.717, 1.165) is 12.8 Å². The monoisotopic (exact) mass is 212 g/mol. The van der Waals surface area contributed by atoms with E-state index in [0.29, 0.717) is 30.4 Å². The lowest BCUT2D eigenvalue weighted by Gasteiger charge is -2.14. The van der Waals surface area contributed by atoms with Crippen LogP contribution in [0.4, 0.5) is 0 Å². The predicted octanol–water partition coefficient (Wildman–Crippen LogP) is 3.57. The van der Waals surface area contributed by atoms with Crippen molar-refractivity contribution in [1.29, 1.82) is 0 Å². The lowest BCUT2D eigenvalue weighted by Crippen LogP contribution is -2.10. The maximum atomic E-state index is 11.2. The van der Waals surface area contributed by atoms with E-state index in [2.05, 4.69) is 27.4 Å². The molecule has 0 aliphatic carbocycles. The molecule has 0 rings (SSSR count). The Balaban J connectivity index is 3.55. The second kappa shape index (κ2) is 7.49. The molecule has 2 nitrogen and oxygen atoms in total. The van der Waals surface area contributed by atoms with Crippen LogP contribution >= 0.6 is 0 Å². The summed E-state index contributed by atoms with van der Waals surface area (Å²) in [5, 5.41) is 0. The highest BCUT2D eigenvalue weighted by Crippen LogP contribution is 2.15. The lowest BCUT2D eigenvalue weighted by atomic mass is 9.93. The van der Waals surface area contributed by atoms with Crippen LogP contribution in [0.1, 0.15) is 47.0 Å². The number of carbonyl (C=O) groups excluding carboxylic acids is 1. The number of rotatable bonds is 7. The fourth-order valence-electron chi connectivity index (χ4n) is 1.15. The average molecular weight is 212 g/mol. The predicted molar refractivity (Wildman–Crippen MR) is 63.6 cm³/mol. The molecule has 88 valence electrons. The third-order valence-corrected chi connectivity index (χ3v) is 2.89. The van der Waals surface area contributed by atoms with Gasteiger partial charge in [0.25, 0.3) is 0 Å². The molecule has 0 saturated carbocycles. The summed E-state index contributed by atoms with van der Waals surface area (Å²) in [7, 11) is 0. The number of hydrogen-bond acceptors (Lipinski definition) is 2. The topological polar surface area (TPSA) is 26.3 Å². The van der Waals surface area contributed by atoms with Gasteiger partial charge in [0.2, 0.25) is 0 Å². The molecule has 0 bridgehead atoms. The third kappa shape index (κ3) is 6.32. The van der Waals surface area contributed by atoms with Gasteiger partial charge in [0, 0.05) is 5.57 Å². The molecule has 0 amide bonds. The molecule has 0 fully saturated rings. The molecule has 0 aliphatic rings. The van der Waals surface area contributed by atoms with Crippen molar-refractivity contribution in [3.63, 3.8) is 0 Å². The molecule has 0 N–H and O–H groups in total. The molecule has 0 aliphatic heterocycles. The van der Waals surface area contributed by atoms with Gasteiger partial charge in [-0.3, -0.25) is 0 Å². The lowest BCUT2D eigenvalue weighted by molar-refractivity contribution is -0.139. The minimum Gasteiger partial charge on any atom is -0.462 e. The Hall–Kier alpha value is -0.790. The second-order valence-electron chi connectivity index (χ2n) is 4.46. The molecule has 2 heteroatoms. The van der Waals surface area contributed by atoms with E-state index >= 15 is 0 Å². The van der Waals surface area contributed by atoms with Crippen LogP contribution < -0.4 is 0 Å². The van der Waals surface area contributed by atoms with E-state index in [1.165, 1.54) is 0 Å². The minimum atomic E-state index is -0.241. The highest BCUT2D eigenvalue weighted by molar-refractivity contribution is 5.87. The molecule has 0 spiro atoms. The Morgan fingerprint density at radius 2 is 1.93 bits per heavy atom. The molecular weight excluding hydrogens is 188 g/mol. The quantitative estimate of drug-likeness (QED) is 0.366. The number of carbonyl (C=O) groups is 1. The van der Waals surface area contributed by atoms with Crippen molar-refractivity contribution in [3.8, 4) is 0 Å². The van der Waals surface area contributed by atoms with Gasteiger partial charge in [0.15, 0.2) is 0 Å². The van der Waals surface area contributed by atoms with Gasteiger partial charge in [-0.05, 0) is 31.1 Å². The summed E-state index contributed by atoms with van der Waals surface area (Å²) in [6.07, 6.45) is 2.73. The molecule has 0 heterocycles. The van der Waals surface area contributed by atoms with E-state index in [1.54, 1.807) is 0 Å². The van der Waals surface area contributed by atoms with E-state index in [-0.39, 0.29) is 5.97 Å². The number of hydrogen-bond donors (Lipinski definition) is 0. The Morgan fingerprint density at radius 3 is 2.40 bits per heavy atom. The number of ether oxygens (including phenoxy) is 1. The van der Waals surface area contributed by atoms with Crippen molar-refractivity contribution in [2.45, 2.75) is 47.0 Å². The first-order valence-corrected chi connectivity index (χ1v) is 5.83. The molecular formula is C13H24O2. The van der Waals surface area contributed by atoms with Gasteiger partial charge in [-0.1, -0.05) is 34.3 Å². The zero-order valence-corrected chi connectivity index (χ0v) is 10.5. The summed E-state index contributed by atoms with van der Waals surface area (Å²) >= 11 is 0. The van der Waals surface area contributed by atoms with Gasteiger partial charge >= 0.3 is 5.97 Å². The van der Waals surface area contributed by atoms with Crippen LogP contribution in [0.3, 0.4) is 0 Å². The van der Waals surface area contributed by atoms with Crippen molar-refractivity contribution >= 4 is 5.97 Å². The fraction of sp³-hybridized carbons (Fsp3) is 0.769. The standard InChI is InChI=1S/C13H24O2/c1-6-11(4)13(14)15-9-7-8-12(5)10(2)3/h10,12H,4,6-9H2,1-3,5H3. The van der Waals surface area contributed by atoms with Crippen molar-refractivity contribution in [3.05, 3.63) is 12.2 Å². The maximum Gasteiger partial charge on any atom is 0.333 e. The average Bonchev–Trinajstić information content (AvgIpc) is 2.22. The van der Waals surface area contributed by atoms with Crippen LogP contribution in [0.2, 0.25) is 0 Å². The maximum absolute atomic E-state index is 11.2. The summed E-state index contributed by atoms with van der Waals surface area (Å²) in [5.74, 6) is 1.15. The molecule has 15 heavy (non-hydrogen) atoms. The zero-order chi connectivity index (χ0) is 11.8. The van der Waals surface area contributed by atoms with Crippen LogP contribution in [0, 0.1) is 11.8 Å². The second-order valence-corrected chi connectivity index (χ2v) is 4.46.